The Bertz CT molecular complexity index is 526. The Morgan fingerprint density at radius 3 is 2.88 bits per heavy atom. The Kier molecular flexibility index (Phi) is 3.41. The third kappa shape index (κ3) is 2.18. The van der Waals surface area contributed by atoms with E-state index in [-0.39, 0.29) is 0 Å². The highest BCUT2D eigenvalue weighted by atomic mass is 32.1. The summed E-state index contributed by atoms with van der Waals surface area (Å²) in [5.41, 5.74) is 2.31. The number of para-hydroxylation sites is 2. The molecule has 1 heterocycles. The second kappa shape index (κ2) is 4.80. The van der Waals surface area contributed by atoms with Crippen molar-refractivity contribution in [1.82, 2.24) is 14.5 Å². The average Bonchev–Trinajstić information content (AvgIpc) is 2.62. The molecule has 0 aliphatic carbocycles. The zero-order valence-electron chi connectivity index (χ0n) is 9.73. The van der Waals surface area contributed by atoms with Gasteiger partial charge in [0.15, 0.2) is 4.77 Å². The summed E-state index contributed by atoms with van der Waals surface area (Å²) in [6.45, 7) is 5.18. The molecule has 0 saturated heterocycles. The minimum Gasteiger partial charge on any atom is -0.331 e. The van der Waals surface area contributed by atoms with Gasteiger partial charge in [0.2, 0.25) is 0 Å². The second-order valence-corrected chi connectivity index (χ2v) is 4.38. The highest BCUT2D eigenvalue weighted by Crippen LogP contribution is 2.13. The molecule has 0 saturated carbocycles. The molecule has 0 spiro atoms. The first-order valence-corrected chi connectivity index (χ1v) is 5.99. The van der Waals surface area contributed by atoms with Crippen LogP contribution < -0.4 is 0 Å². The normalized spacial score (nSPS) is 11.4. The fraction of sp³-hybridized carbons (Fsp3) is 0.417. The fourth-order valence-corrected chi connectivity index (χ4v) is 2.06. The van der Waals surface area contributed by atoms with Crippen LogP contribution >= 0.6 is 12.2 Å². The number of nitrogens with zero attached hydrogens (tertiary/aromatic N) is 2. The summed E-state index contributed by atoms with van der Waals surface area (Å²) in [5.74, 6) is 0. The SMILES string of the molecule is CCN(C)CCn1c(=S)[nH]c2ccccc21. The van der Waals surface area contributed by atoms with Crippen molar-refractivity contribution < 1.29 is 0 Å². The number of rotatable bonds is 4. The highest BCUT2D eigenvalue weighted by Gasteiger charge is 2.03. The Labute approximate surface area is 101 Å². The van der Waals surface area contributed by atoms with E-state index in [4.69, 9.17) is 12.2 Å². The van der Waals surface area contributed by atoms with Gasteiger partial charge in [0.05, 0.1) is 11.0 Å². The molecule has 1 aromatic carbocycles. The molecule has 1 N–H and O–H groups in total. The van der Waals surface area contributed by atoms with Crippen molar-refractivity contribution in [3.8, 4) is 0 Å². The Morgan fingerprint density at radius 2 is 2.12 bits per heavy atom. The number of aromatic amines is 1. The van der Waals surface area contributed by atoms with Crippen LogP contribution in [-0.4, -0.2) is 34.6 Å². The van der Waals surface area contributed by atoms with Crippen LogP contribution in [0.3, 0.4) is 0 Å². The van der Waals surface area contributed by atoms with Crippen LogP contribution in [0.4, 0.5) is 0 Å². The van der Waals surface area contributed by atoms with Crippen LogP contribution in [-0.2, 0) is 6.54 Å². The van der Waals surface area contributed by atoms with Gasteiger partial charge < -0.3 is 14.5 Å². The summed E-state index contributed by atoms with van der Waals surface area (Å²) in [4.78, 5) is 5.51. The first kappa shape index (κ1) is 11.4. The van der Waals surface area contributed by atoms with Gasteiger partial charge in [-0.15, -0.1) is 0 Å². The number of likely N-dealkylation sites (N-methyl/N-ethyl adjacent to an activating group) is 1. The minimum absolute atomic E-state index is 0.811. The number of nitrogens with one attached hydrogen (secondary N) is 1. The number of fused-ring (bicyclic) bond motifs is 1. The van der Waals surface area contributed by atoms with E-state index < -0.39 is 0 Å². The van der Waals surface area contributed by atoms with E-state index >= 15 is 0 Å². The van der Waals surface area contributed by atoms with Gasteiger partial charge in [-0.05, 0) is 37.9 Å². The molecular formula is C12H17N3S. The molecule has 0 unspecified atom stereocenters. The van der Waals surface area contributed by atoms with Gasteiger partial charge in [0.1, 0.15) is 0 Å². The first-order valence-electron chi connectivity index (χ1n) is 5.58. The van der Waals surface area contributed by atoms with Gasteiger partial charge in [0.25, 0.3) is 0 Å². The number of hydrogen-bond donors (Lipinski definition) is 1. The monoisotopic (exact) mass is 235 g/mol. The van der Waals surface area contributed by atoms with E-state index in [0.717, 1.165) is 29.9 Å². The smallest absolute Gasteiger partial charge is 0.178 e. The zero-order valence-corrected chi connectivity index (χ0v) is 10.5. The predicted molar refractivity (Wildman–Crippen MR) is 70.3 cm³/mol. The molecule has 16 heavy (non-hydrogen) atoms. The summed E-state index contributed by atoms with van der Waals surface area (Å²) in [6.07, 6.45) is 0. The molecule has 0 radical (unpaired) electrons. The van der Waals surface area contributed by atoms with Crippen LogP contribution in [0.25, 0.3) is 11.0 Å². The van der Waals surface area contributed by atoms with Crippen molar-refractivity contribution >= 4 is 23.3 Å². The molecular weight excluding hydrogens is 218 g/mol. The van der Waals surface area contributed by atoms with Crippen molar-refractivity contribution in [3.63, 3.8) is 0 Å². The van der Waals surface area contributed by atoms with Crippen molar-refractivity contribution in [3.05, 3.63) is 29.0 Å². The first-order chi connectivity index (χ1) is 7.72. The van der Waals surface area contributed by atoms with Crippen LogP contribution in [0.2, 0.25) is 0 Å². The van der Waals surface area contributed by atoms with Crippen LogP contribution in [0.1, 0.15) is 6.92 Å². The summed E-state index contributed by atoms with van der Waals surface area (Å²) in [5, 5.41) is 0. The highest BCUT2D eigenvalue weighted by molar-refractivity contribution is 7.71. The fourth-order valence-electron chi connectivity index (χ4n) is 1.76. The van der Waals surface area contributed by atoms with Crippen LogP contribution in [0.15, 0.2) is 24.3 Å². The van der Waals surface area contributed by atoms with Gasteiger partial charge in [-0.25, -0.2) is 0 Å². The average molecular weight is 235 g/mol. The maximum Gasteiger partial charge on any atom is 0.178 e. The van der Waals surface area contributed by atoms with Gasteiger partial charge in [-0.1, -0.05) is 19.1 Å². The number of hydrogen-bond acceptors (Lipinski definition) is 2. The van der Waals surface area contributed by atoms with Gasteiger partial charge in [-0.3, -0.25) is 0 Å². The quantitative estimate of drug-likeness (QED) is 0.824. The van der Waals surface area contributed by atoms with Crippen LogP contribution in [0, 0.1) is 4.77 Å². The maximum atomic E-state index is 5.33. The Balaban J connectivity index is 2.29. The molecule has 0 amide bonds. The number of imidazole rings is 1. The number of H-pyrrole nitrogens is 1. The van der Waals surface area contributed by atoms with Crippen molar-refractivity contribution in [2.45, 2.75) is 13.5 Å². The molecule has 1 aromatic heterocycles. The molecule has 2 rings (SSSR count). The van der Waals surface area contributed by atoms with Crippen molar-refractivity contribution in [1.29, 1.82) is 0 Å². The van der Waals surface area contributed by atoms with Crippen molar-refractivity contribution in [2.75, 3.05) is 20.1 Å². The lowest BCUT2D eigenvalue weighted by atomic mass is 10.3. The van der Waals surface area contributed by atoms with E-state index in [2.05, 4.69) is 40.6 Å². The van der Waals surface area contributed by atoms with Crippen LogP contribution in [0.5, 0.6) is 0 Å². The van der Waals surface area contributed by atoms with E-state index in [1.54, 1.807) is 0 Å². The zero-order chi connectivity index (χ0) is 11.5. The third-order valence-electron chi connectivity index (χ3n) is 2.93. The van der Waals surface area contributed by atoms with E-state index in [1.165, 1.54) is 5.52 Å². The van der Waals surface area contributed by atoms with E-state index in [9.17, 15) is 0 Å². The molecule has 86 valence electrons. The summed E-state index contributed by atoms with van der Waals surface area (Å²) >= 11 is 5.33. The Hall–Kier alpha value is -1.13. The lowest BCUT2D eigenvalue weighted by Gasteiger charge is -2.14. The minimum atomic E-state index is 0.811. The molecule has 2 aromatic rings. The summed E-state index contributed by atoms with van der Waals surface area (Å²) < 4.78 is 2.97. The largest absolute Gasteiger partial charge is 0.331 e. The lowest BCUT2D eigenvalue weighted by Crippen LogP contribution is -2.22. The third-order valence-corrected chi connectivity index (χ3v) is 3.25. The van der Waals surface area contributed by atoms with E-state index in [0.29, 0.717) is 0 Å². The summed E-state index contributed by atoms with van der Waals surface area (Å²) in [7, 11) is 2.12. The second-order valence-electron chi connectivity index (χ2n) is 3.99. The molecule has 0 aliphatic heterocycles. The molecule has 4 heteroatoms. The van der Waals surface area contributed by atoms with Gasteiger partial charge in [0, 0.05) is 13.1 Å². The lowest BCUT2D eigenvalue weighted by molar-refractivity contribution is 0.336. The number of benzene rings is 1. The molecule has 0 fully saturated rings. The van der Waals surface area contributed by atoms with Crippen molar-refractivity contribution in [2.24, 2.45) is 0 Å². The maximum absolute atomic E-state index is 5.33. The molecule has 3 nitrogen and oxygen atoms in total. The molecule has 0 bridgehead atoms. The van der Waals surface area contributed by atoms with E-state index in [1.807, 2.05) is 12.1 Å². The van der Waals surface area contributed by atoms with Gasteiger partial charge in [-0.2, -0.15) is 0 Å². The standard InChI is InChI=1S/C12H17N3S/c1-3-14(2)8-9-15-11-7-5-4-6-10(11)13-12(15)16/h4-7H,3,8-9H2,1-2H3,(H,13,16). The molecule has 0 aliphatic rings. The predicted octanol–water partition coefficient (Wildman–Crippen LogP) is 2.65. The van der Waals surface area contributed by atoms with Gasteiger partial charge >= 0.3 is 0 Å². The topological polar surface area (TPSA) is 24.0 Å². The Morgan fingerprint density at radius 1 is 1.38 bits per heavy atom. The number of aromatic nitrogens is 2. The molecule has 0 atom stereocenters. The summed E-state index contributed by atoms with van der Waals surface area (Å²) in [6, 6.07) is 8.24.